The Hall–Kier alpha value is -2.03. The molecule has 36 heavy (non-hydrogen) atoms. The van der Waals surface area contributed by atoms with Crippen LogP contribution in [0.2, 0.25) is 0 Å². The van der Waals surface area contributed by atoms with E-state index in [4.69, 9.17) is 0 Å². The maximum atomic E-state index is 15.1. The summed E-state index contributed by atoms with van der Waals surface area (Å²) in [5.74, 6) is -0.0432. The molecule has 0 spiro atoms. The molecule has 3 heteroatoms. The number of allylic oxidation sites excluding steroid dienone is 2. The molecule has 0 aromatic heterocycles. The predicted molar refractivity (Wildman–Crippen MR) is 145 cm³/mol. The lowest BCUT2D eigenvalue weighted by atomic mass is 9.75. The predicted octanol–water partition coefficient (Wildman–Crippen LogP) is 10.7. The van der Waals surface area contributed by atoms with Crippen molar-refractivity contribution in [3.05, 3.63) is 71.1 Å². The van der Waals surface area contributed by atoms with E-state index < -0.39 is 11.6 Å². The Kier molecular flexibility index (Phi) is 9.73. The summed E-state index contributed by atoms with van der Waals surface area (Å²) < 4.78 is 44.7. The molecule has 2 aliphatic carbocycles. The molecule has 0 nitrogen and oxygen atoms in total. The quantitative estimate of drug-likeness (QED) is 0.307. The smallest absolute Gasteiger partial charge is 0.166 e. The van der Waals surface area contributed by atoms with Gasteiger partial charge < -0.3 is 0 Å². The van der Waals surface area contributed by atoms with Crippen molar-refractivity contribution < 1.29 is 13.2 Å². The van der Waals surface area contributed by atoms with Crippen molar-refractivity contribution in [2.24, 2.45) is 17.8 Å². The summed E-state index contributed by atoms with van der Waals surface area (Å²) in [7, 11) is 0. The Labute approximate surface area is 216 Å². The van der Waals surface area contributed by atoms with Crippen LogP contribution in [-0.4, -0.2) is 0 Å². The average molecular weight is 497 g/mol. The average Bonchev–Trinajstić information content (AvgIpc) is 2.90. The minimum atomic E-state index is -0.721. The summed E-state index contributed by atoms with van der Waals surface area (Å²) in [5.41, 5.74) is 2.83. The fourth-order valence-corrected chi connectivity index (χ4v) is 6.41. The normalized spacial score (nSPS) is 24.5. The van der Waals surface area contributed by atoms with E-state index in [0.29, 0.717) is 23.0 Å². The van der Waals surface area contributed by atoms with Gasteiger partial charge in [-0.2, -0.15) is 0 Å². The third-order valence-electron chi connectivity index (χ3n) is 8.73. The molecule has 0 aliphatic heterocycles. The zero-order valence-electron chi connectivity index (χ0n) is 22.2. The van der Waals surface area contributed by atoms with Crippen LogP contribution in [0.1, 0.15) is 108 Å². The zero-order chi connectivity index (χ0) is 25.5. The second kappa shape index (κ2) is 13.0. The van der Waals surface area contributed by atoms with Crippen molar-refractivity contribution in [2.75, 3.05) is 0 Å². The molecule has 0 radical (unpaired) electrons. The molecule has 0 N–H and O–H groups in total. The van der Waals surface area contributed by atoms with Crippen molar-refractivity contribution in [3.63, 3.8) is 0 Å². The van der Waals surface area contributed by atoms with Gasteiger partial charge in [0.2, 0.25) is 0 Å². The van der Waals surface area contributed by atoms with Crippen LogP contribution in [0.15, 0.2) is 48.3 Å². The highest BCUT2D eigenvalue weighted by atomic mass is 19.2. The number of halogens is 3. The molecule has 4 rings (SSSR count). The van der Waals surface area contributed by atoms with E-state index >= 15 is 8.78 Å². The van der Waals surface area contributed by atoms with E-state index in [0.717, 1.165) is 89.0 Å². The van der Waals surface area contributed by atoms with Gasteiger partial charge in [0, 0.05) is 11.5 Å². The first-order valence-corrected chi connectivity index (χ1v) is 14.4. The molecule has 1 saturated carbocycles. The Bertz CT molecular complexity index is 998. The summed E-state index contributed by atoms with van der Waals surface area (Å²) in [6.07, 6.45) is 15.4. The Morgan fingerprint density at radius 1 is 0.722 bits per heavy atom. The number of benzene rings is 2. The van der Waals surface area contributed by atoms with Crippen LogP contribution in [0.5, 0.6) is 0 Å². The molecule has 0 amide bonds. The summed E-state index contributed by atoms with van der Waals surface area (Å²) in [4.78, 5) is 0. The minimum Gasteiger partial charge on any atom is -0.212 e. The van der Waals surface area contributed by atoms with E-state index in [1.807, 2.05) is 36.4 Å². The minimum absolute atomic E-state index is 0.0862. The maximum Gasteiger partial charge on any atom is 0.166 e. The summed E-state index contributed by atoms with van der Waals surface area (Å²) in [6.45, 7) is 4.29. The van der Waals surface area contributed by atoms with Crippen LogP contribution in [0.25, 0.3) is 11.1 Å². The van der Waals surface area contributed by atoms with E-state index in [1.165, 1.54) is 5.56 Å². The first kappa shape index (κ1) is 27.0. The first-order chi connectivity index (χ1) is 17.5. The van der Waals surface area contributed by atoms with Crippen molar-refractivity contribution in [1.82, 2.24) is 0 Å². The van der Waals surface area contributed by atoms with Crippen LogP contribution in [-0.2, 0) is 6.42 Å². The molecule has 196 valence electrons. The van der Waals surface area contributed by atoms with Gasteiger partial charge in [-0.1, -0.05) is 69.5 Å². The SMILES string of the molecule is CCCCC1CCC(CCC2CCC(c3ccc(-c4ccc(CCC)cc4)c(F)c3F)CC2)C=C1F. The molecule has 0 heterocycles. The number of unbranched alkanes of at least 4 members (excludes halogenated alkanes) is 1. The van der Waals surface area contributed by atoms with Gasteiger partial charge in [0.05, 0.1) is 5.83 Å². The van der Waals surface area contributed by atoms with Gasteiger partial charge in [0.1, 0.15) is 0 Å². The molecule has 2 aromatic carbocycles. The van der Waals surface area contributed by atoms with Crippen molar-refractivity contribution in [3.8, 4) is 11.1 Å². The van der Waals surface area contributed by atoms with E-state index in [2.05, 4.69) is 13.8 Å². The second-order valence-corrected chi connectivity index (χ2v) is 11.3. The number of hydrogen-bond donors (Lipinski definition) is 0. The number of aryl methyl sites for hydroxylation is 1. The molecule has 1 fully saturated rings. The highest BCUT2D eigenvalue weighted by Crippen LogP contribution is 2.42. The monoisotopic (exact) mass is 496 g/mol. The first-order valence-electron chi connectivity index (χ1n) is 14.4. The summed E-state index contributed by atoms with van der Waals surface area (Å²) in [5, 5.41) is 0. The molecule has 2 unspecified atom stereocenters. The van der Waals surface area contributed by atoms with Crippen molar-refractivity contribution in [1.29, 1.82) is 0 Å². The van der Waals surface area contributed by atoms with Crippen LogP contribution in [0.4, 0.5) is 13.2 Å². The van der Waals surface area contributed by atoms with Crippen LogP contribution < -0.4 is 0 Å². The van der Waals surface area contributed by atoms with E-state index in [1.54, 1.807) is 6.07 Å². The van der Waals surface area contributed by atoms with Gasteiger partial charge >= 0.3 is 0 Å². The summed E-state index contributed by atoms with van der Waals surface area (Å²) >= 11 is 0. The van der Waals surface area contributed by atoms with Crippen molar-refractivity contribution >= 4 is 0 Å². The lowest BCUT2D eigenvalue weighted by Crippen LogP contribution is -2.17. The standard InChI is InChI=1S/C33H43F3/c1-3-5-7-28-19-14-25(22-31(28)34)9-8-24-12-17-27(18-13-24)30-21-20-29(32(35)33(30)36)26-15-10-23(6-4-2)11-16-26/h10-11,15-16,20-22,24-25,27-28H,3-9,12-14,17-19H2,1-2H3. The number of hydrogen-bond acceptors (Lipinski definition) is 0. The van der Waals surface area contributed by atoms with Gasteiger partial charge in [-0.3, -0.25) is 0 Å². The van der Waals surface area contributed by atoms with Gasteiger partial charge in [-0.05, 0) is 105 Å². The lowest BCUT2D eigenvalue weighted by molar-refractivity contribution is 0.274. The molecule has 0 bridgehead atoms. The number of rotatable bonds is 10. The highest BCUT2D eigenvalue weighted by molar-refractivity contribution is 5.65. The Balaban J connectivity index is 1.30. The maximum absolute atomic E-state index is 15.1. The zero-order valence-corrected chi connectivity index (χ0v) is 22.2. The van der Waals surface area contributed by atoms with Gasteiger partial charge in [-0.15, -0.1) is 0 Å². The van der Waals surface area contributed by atoms with Crippen molar-refractivity contribution in [2.45, 2.75) is 103 Å². The highest BCUT2D eigenvalue weighted by Gasteiger charge is 2.28. The lowest BCUT2D eigenvalue weighted by Gasteiger charge is -2.31. The van der Waals surface area contributed by atoms with Gasteiger partial charge in [0.15, 0.2) is 11.6 Å². The summed E-state index contributed by atoms with van der Waals surface area (Å²) in [6, 6.07) is 11.4. The fraction of sp³-hybridized carbons (Fsp3) is 0.576. The molecule has 2 aromatic rings. The molecular weight excluding hydrogens is 453 g/mol. The molecule has 2 aliphatic rings. The van der Waals surface area contributed by atoms with Gasteiger partial charge in [0.25, 0.3) is 0 Å². The van der Waals surface area contributed by atoms with E-state index in [-0.39, 0.29) is 17.7 Å². The second-order valence-electron chi connectivity index (χ2n) is 11.3. The van der Waals surface area contributed by atoms with E-state index in [9.17, 15) is 4.39 Å². The van der Waals surface area contributed by atoms with Crippen LogP contribution >= 0.6 is 0 Å². The molecule has 2 atom stereocenters. The van der Waals surface area contributed by atoms with Gasteiger partial charge in [-0.25, -0.2) is 13.2 Å². The molecular formula is C33H43F3. The fourth-order valence-electron chi connectivity index (χ4n) is 6.41. The topological polar surface area (TPSA) is 0 Å². The molecule has 0 saturated heterocycles. The van der Waals surface area contributed by atoms with Crippen LogP contribution in [0.3, 0.4) is 0 Å². The Morgan fingerprint density at radius 2 is 1.47 bits per heavy atom. The third kappa shape index (κ3) is 6.64. The largest absolute Gasteiger partial charge is 0.212 e. The van der Waals surface area contributed by atoms with Crippen LogP contribution in [0, 0.1) is 29.4 Å². The third-order valence-corrected chi connectivity index (χ3v) is 8.73. The Morgan fingerprint density at radius 3 is 2.14 bits per heavy atom.